The molecule has 0 aromatic heterocycles. The second-order valence-corrected chi connectivity index (χ2v) is 7.13. The molecular formula is C17H26ClN3O. The summed E-state index contributed by atoms with van der Waals surface area (Å²) in [6.07, 6.45) is 1.05. The highest BCUT2D eigenvalue weighted by atomic mass is 35.5. The maximum atomic E-state index is 12.5. The van der Waals surface area contributed by atoms with Crippen LogP contribution in [0.5, 0.6) is 0 Å². The lowest BCUT2D eigenvalue weighted by molar-refractivity contribution is -0.126. The number of amides is 1. The Morgan fingerprint density at radius 1 is 1.41 bits per heavy atom. The van der Waals surface area contributed by atoms with Gasteiger partial charge in [0, 0.05) is 11.6 Å². The number of likely N-dealkylation sites (tertiary alicyclic amines) is 1. The van der Waals surface area contributed by atoms with Crippen LogP contribution in [0, 0.1) is 5.41 Å². The molecule has 1 fully saturated rings. The summed E-state index contributed by atoms with van der Waals surface area (Å²) in [6, 6.07) is 7.41. The Balaban J connectivity index is 1.93. The zero-order chi connectivity index (χ0) is 16.3. The van der Waals surface area contributed by atoms with Crippen molar-refractivity contribution >= 4 is 17.5 Å². The number of halogens is 1. The van der Waals surface area contributed by atoms with E-state index in [2.05, 4.69) is 17.1 Å². The van der Waals surface area contributed by atoms with Gasteiger partial charge in [0.25, 0.3) is 0 Å². The zero-order valence-corrected chi connectivity index (χ0v) is 14.4. The third-order valence-corrected chi connectivity index (χ3v) is 4.99. The molecule has 122 valence electrons. The Morgan fingerprint density at radius 2 is 2.05 bits per heavy atom. The Labute approximate surface area is 138 Å². The monoisotopic (exact) mass is 323 g/mol. The van der Waals surface area contributed by atoms with E-state index in [1.165, 1.54) is 0 Å². The summed E-state index contributed by atoms with van der Waals surface area (Å²) in [5.41, 5.74) is 7.03. The molecule has 22 heavy (non-hydrogen) atoms. The van der Waals surface area contributed by atoms with E-state index in [1.54, 1.807) is 0 Å². The van der Waals surface area contributed by atoms with Gasteiger partial charge in [0.2, 0.25) is 5.91 Å². The lowest BCUT2D eigenvalue weighted by Crippen LogP contribution is -2.45. The molecule has 1 aromatic carbocycles. The Kier molecular flexibility index (Phi) is 5.48. The molecule has 0 spiro atoms. The minimum atomic E-state index is -0.136. The fraction of sp³-hybridized carbons (Fsp3) is 0.588. The molecule has 0 radical (unpaired) electrons. The van der Waals surface area contributed by atoms with Crippen molar-refractivity contribution in [2.45, 2.75) is 39.3 Å². The van der Waals surface area contributed by atoms with Crippen molar-refractivity contribution in [1.82, 2.24) is 10.2 Å². The SMILES string of the molecule is CC(NC(=O)C(C)N1CCC(C)(CN)C1)c1ccc(Cl)cc1. The first-order valence-electron chi connectivity index (χ1n) is 7.84. The third kappa shape index (κ3) is 4.00. The van der Waals surface area contributed by atoms with Crippen LogP contribution < -0.4 is 11.1 Å². The van der Waals surface area contributed by atoms with Gasteiger partial charge in [-0.05, 0) is 56.5 Å². The Bertz CT molecular complexity index is 519. The minimum absolute atomic E-state index is 0.0317. The van der Waals surface area contributed by atoms with E-state index in [9.17, 15) is 4.79 Å². The third-order valence-electron chi connectivity index (χ3n) is 4.74. The molecular weight excluding hydrogens is 298 g/mol. The van der Waals surface area contributed by atoms with Gasteiger partial charge in [-0.25, -0.2) is 0 Å². The van der Waals surface area contributed by atoms with E-state index >= 15 is 0 Å². The van der Waals surface area contributed by atoms with E-state index < -0.39 is 0 Å². The van der Waals surface area contributed by atoms with Crippen LogP contribution in [-0.4, -0.2) is 36.5 Å². The largest absolute Gasteiger partial charge is 0.348 e. The van der Waals surface area contributed by atoms with Crippen LogP contribution in [0.3, 0.4) is 0 Å². The zero-order valence-electron chi connectivity index (χ0n) is 13.6. The highest BCUT2D eigenvalue weighted by Crippen LogP contribution is 2.29. The maximum absolute atomic E-state index is 12.5. The number of nitrogens with two attached hydrogens (primary N) is 1. The second-order valence-electron chi connectivity index (χ2n) is 6.69. The summed E-state index contributed by atoms with van der Waals surface area (Å²) in [4.78, 5) is 14.7. The molecule has 1 saturated heterocycles. The molecule has 3 N–H and O–H groups in total. The fourth-order valence-corrected chi connectivity index (χ4v) is 3.02. The van der Waals surface area contributed by atoms with Gasteiger partial charge in [0.1, 0.15) is 0 Å². The highest BCUT2D eigenvalue weighted by Gasteiger charge is 2.36. The van der Waals surface area contributed by atoms with Crippen molar-refractivity contribution in [3.63, 3.8) is 0 Å². The van der Waals surface area contributed by atoms with Crippen molar-refractivity contribution in [3.05, 3.63) is 34.9 Å². The van der Waals surface area contributed by atoms with Crippen molar-refractivity contribution in [1.29, 1.82) is 0 Å². The summed E-state index contributed by atoms with van der Waals surface area (Å²) >= 11 is 5.89. The molecule has 0 aliphatic carbocycles. The number of nitrogens with zero attached hydrogens (tertiary/aromatic N) is 1. The van der Waals surface area contributed by atoms with Crippen molar-refractivity contribution in [2.24, 2.45) is 11.1 Å². The molecule has 3 atom stereocenters. The summed E-state index contributed by atoms with van der Waals surface area (Å²) in [6.45, 7) is 8.62. The number of rotatable bonds is 5. The summed E-state index contributed by atoms with van der Waals surface area (Å²) in [7, 11) is 0. The summed E-state index contributed by atoms with van der Waals surface area (Å²) in [5, 5.41) is 3.79. The number of hydrogen-bond donors (Lipinski definition) is 2. The molecule has 1 aromatic rings. The van der Waals surface area contributed by atoms with Gasteiger partial charge < -0.3 is 11.1 Å². The number of carbonyl (C=O) groups is 1. The molecule has 1 aliphatic heterocycles. The first-order chi connectivity index (χ1) is 10.3. The van der Waals surface area contributed by atoms with Gasteiger partial charge in [-0.3, -0.25) is 9.69 Å². The standard InChI is InChI=1S/C17H26ClN3O/c1-12(14-4-6-15(18)7-5-14)20-16(22)13(2)21-9-8-17(3,10-19)11-21/h4-7,12-13H,8-11,19H2,1-3H3,(H,20,22). The van der Waals surface area contributed by atoms with Gasteiger partial charge in [-0.1, -0.05) is 30.7 Å². The van der Waals surface area contributed by atoms with Crippen LogP contribution >= 0.6 is 11.6 Å². The second kappa shape index (κ2) is 6.99. The Hall–Kier alpha value is -1.10. The van der Waals surface area contributed by atoms with Gasteiger partial charge >= 0.3 is 0 Å². The fourth-order valence-electron chi connectivity index (χ4n) is 2.89. The molecule has 5 heteroatoms. The number of nitrogens with one attached hydrogen (secondary N) is 1. The number of benzene rings is 1. The number of carbonyl (C=O) groups excluding carboxylic acids is 1. The quantitative estimate of drug-likeness (QED) is 0.875. The lowest BCUT2D eigenvalue weighted by atomic mass is 9.90. The van der Waals surface area contributed by atoms with Crippen LogP contribution in [0.2, 0.25) is 5.02 Å². The highest BCUT2D eigenvalue weighted by molar-refractivity contribution is 6.30. The minimum Gasteiger partial charge on any atom is -0.348 e. The molecule has 1 amide bonds. The average Bonchev–Trinajstić information content (AvgIpc) is 2.90. The van der Waals surface area contributed by atoms with Crippen molar-refractivity contribution in [3.8, 4) is 0 Å². The average molecular weight is 324 g/mol. The van der Waals surface area contributed by atoms with E-state index in [4.69, 9.17) is 17.3 Å². The maximum Gasteiger partial charge on any atom is 0.237 e. The summed E-state index contributed by atoms with van der Waals surface area (Å²) < 4.78 is 0. The molecule has 2 rings (SSSR count). The normalized spacial score (nSPS) is 25.0. The van der Waals surface area contributed by atoms with Gasteiger partial charge in [0.05, 0.1) is 12.1 Å². The Morgan fingerprint density at radius 3 is 2.59 bits per heavy atom. The van der Waals surface area contributed by atoms with Crippen LogP contribution in [0.4, 0.5) is 0 Å². The van der Waals surface area contributed by atoms with Crippen LogP contribution in [-0.2, 0) is 4.79 Å². The molecule has 3 unspecified atom stereocenters. The van der Waals surface area contributed by atoms with E-state index in [0.29, 0.717) is 11.6 Å². The summed E-state index contributed by atoms with van der Waals surface area (Å²) in [5.74, 6) is 0.0590. The van der Waals surface area contributed by atoms with Gasteiger partial charge in [-0.15, -0.1) is 0 Å². The van der Waals surface area contributed by atoms with E-state index in [1.807, 2.05) is 38.1 Å². The first kappa shape index (κ1) is 17.3. The van der Waals surface area contributed by atoms with E-state index in [0.717, 1.165) is 25.1 Å². The molecule has 1 heterocycles. The van der Waals surface area contributed by atoms with Crippen LogP contribution in [0.25, 0.3) is 0 Å². The predicted molar refractivity (Wildman–Crippen MR) is 90.8 cm³/mol. The topological polar surface area (TPSA) is 58.4 Å². The van der Waals surface area contributed by atoms with Crippen molar-refractivity contribution < 1.29 is 4.79 Å². The van der Waals surface area contributed by atoms with Crippen LogP contribution in [0.15, 0.2) is 24.3 Å². The molecule has 4 nitrogen and oxygen atoms in total. The van der Waals surface area contributed by atoms with Crippen molar-refractivity contribution in [2.75, 3.05) is 19.6 Å². The first-order valence-corrected chi connectivity index (χ1v) is 8.22. The molecule has 1 aliphatic rings. The molecule has 0 saturated carbocycles. The van der Waals surface area contributed by atoms with Crippen LogP contribution in [0.1, 0.15) is 38.8 Å². The predicted octanol–water partition coefficient (Wildman–Crippen LogP) is 2.58. The molecule has 0 bridgehead atoms. The number of hydrogen-bond acceptors (Lipinski definition) is 3. The lowest BCUT2D eigenvalue weighted by Gasteiger charge is -2.27. The van der Waals surface area contributed by atoms with E-state index in [-0.39, 0.29) is 23.4 Å². The smallest absolute Gasteiger partial charge is 0.237 e. The van der Waals surface area contributed by atoms with Gasteiger partial charge in [0.15, 0.2) is 0 Å². The van der Waals surface area contributed by atoms with Gasteiger partial charge in [-0.2, -0.15) is 0 Å².